The summed E-state index contributed by atoms with van der Waals surface area (Å²) in [7, 11) is 0. The lowest BCUT2D eigenvalue weighted by Crippen LogP contribution is -2.60. The van der Waals surface area contributed by atoms with E-state index in [0.29, 0.717) is 6.04 Å². The van der Waals surface area contributed by atoms with Crippen LogP contribution in [0.25, 0.3) is 0 Å². The molecule has 3 nitrogen and oxygen atoms in total. The zero-order chi connectivity index (χ0) is 11.6. The van der Waals surface area contributed by atoms with Gasteiger partial charge in [0.05, 0.1) is 13.2 Å². The third kappa shape index (κ3) is 2.41. The standard InChI is InChI=1S/C13H26N2O/c1-4-14-11-6-5-7-12(11)15-8-9-16-10-13(15,2)3/h11-12,14H,4-10H2,1-3H3. The number of hydrogen-bond donors (Lipinski definition) is 1. The Morgan fingerprint density at radius 3 is 2.88 bits per heavy atom. The number of rotatable bonds is 3. The SMILES string of the molecule is CCNC1CCCC1N1CCOCC1(C)C. The van der Waals surface area contributed by atoms with Crippen molar-refractivity contribution < 1.29 is 4.74 Å². The molecule has 1 N–H and O–H groups in total. The Bertz CT molecular complexity index is 230. The van der Waals surface area contributed by atoms with Gasteiger partial charge >= 0.3 is 0 Å². The fourth-order valence-electron chi connectivity index (χ4n) is 3.30. The normalized spacial score (nSPS) is 35.4. The summed E-state index contributed by atoms with van der Waals surface area (Å²) in [6.07, 6.45) is 4.06. The number of morpholine rings is 1. The van der Waals surface area contributed by atoms with Gasteiger partial charge in [0.15, 0.2) is 0 Å². The topological polar surface area (TPSA) is 24.5 Å². The van der Waals surface area contributed by atoms with Gasteiger partial charge in [-0.3, -0.25) is 4.90 Å². The number of likely N-dealkylation sites (N-methyl/N-ethyl adjacent to an activating group) is 1. The third-order valence-electron chi connectivity index (χ3n) is 4.06. The summed E-state index contributed by atoms with van der Waals surface area (Å²) in [6.45, 7) is 10.8. The molecule has 1 saturated heterocycles. The summed E-state index contributed by atoms with van der Waals surface area (Å²) < 4.78 is 5.61. The first kappa shape index (κ1) is 12.3. The van der Waals surface area contributed by atoms with E-state index < -0.39 is 0 Å². The molecule has 0 aromatic carbocycles. The van der Waals surface area contributed by atoms with Gasteiger partial charge in [0.1, 0.15) is 0 Å². The van der Waals surface area contributed by atoms with Crippen molar-refractivity contribution in [3.05, 3.63) is 0 Å². The Labute approximate surface area is 99.5 Å². The minimum atomic E-state index is 0.209. The summed E-state index contributed by atoms with van der Waals surface area (Å²) in [4.78, 5) is 2.68. The Hall–Kier alpha value is -0.120. The maximum Gasteiger partial charge on any atom is 0.0645 e. The Balaban J connectivity index is 2.04. The van der Waals surface area contributed by atoms with E-state index >= 15 is 0 Å². The average Bonchev–Trinajstić information content (AvgIpc) is 2.66. The second kappa shape index (κ2) is 5.03. The highest BCUT2D eigenvalue weighted by atomic mass is 16.5. The van der Waals surface area contributed by atoms with Gasteiger partial charge in [-0.15, -0.1) is 0 Å². The predicted molar refractivity (Wildman–Crippen MR) is 66.7 cm³/mol. The first-order chi connectivity index (χ1) is 7.65. The minimum Gasteiger partial charge on any atom is -0.378 e. The van der Waals surface area contributed by atoms with Crippen LogP contribution in [-0.4, -0.2) is 48.8 Å². The molecule has 2 rings (SSSR count). The third-order valence-corrected chi connectivity index (χ3v) is 4.06. The van der Waals surface area contributed by atoms with Crippen molar-refractivity contribution in [3.8, 4) is 0 Å². The molecule has 0 bridgehead atoms. The molecule has 1 saturated carbocycles. The lowest BCUT2D eigenvalue weighted by molar-refractivity contribution is -0.0748. The van der Waals surface area contributed by atoms with E-state index in [9.17, 15) is 0 Å². The first-order valence-electron chi connectivity index (χ1n) is 6.73. The van der Waals surface area contributed by atoms with Crippen LogP contribution < -0.4 is 5.32 Å². The summed E-state index contributed by atoms with van der Waals surface area (Å²) in [5.74, 6) is 0. The van der Waals surface area contributed by atoms with Gasteiger partial charge in [0.2, 0.25) is 0 Å². The Kier molecular flexibility index (Phi) is 3.88. The predicted octanol–water partition coefficient (Wildman–Crippen LogP) is 1.63. The zero-order valence-corrected chi connectivity index (χ0v) is 11.0. The van der Waals surface area contributed by atoms with E-state index in [1.54, 1.807) is 0 Å². The smallest absolute Gasteiger partial charge is 0.0645 e. The largest absolute Gasteiger partial charge is 0.378 e. The molecule has 0 aromatic rings. The van der Waals surface area contributed by atoms with Crippen LogP contribution in [-0.2, 0) is 4.74 Å². The minimum absolute atomic E-state index is 0.209. The van der Waals surface area contributed by atoms with E-state index in [1.165, 1.54) is 19.3 Å². The Morgan fingerprint density at radius 1 is 1.38 bits per heavy atom. The van der Waals surface area contributed by atoms with E-state index in [4.69, 9.17) is 4.74 Å². The van der Waals surface area contributed by atoms with E-state index in [1.807, 2.05) is 0 Å². The van der Waals surface area contributed by atoms with E-state index in [2.05, 4.69) is 31.0 Å². The summed E-state index contributed by atoms with van der Waals surface area (Å²) in [5.41, 5.74) is 0.209. The zero-order valence-electron chi connectivity index (χ0n) is 11.0. The quantitative estimate of drug-likeness (QED) is 0.791. The number of ether oxygens (including phenoxy) is 1. The van der Waals surface area contributed by atoms with Gasteiger partial charge in [0.25, 0.3) is 0 Å². The van der Waals surface area contributed by atoms with Gasteiger partial charge in [0, 0.05) is 24.2 Å². The molecule has 1 aliphatic carbocycles. The van der Waals surface area contributed by atoms with Gasteiger partial charge in [-0.05, 0) is 33.2 Å². The van der Waals surface area contributed by atoms with Crippen molar-refractivity contribution in [2.24, 2.45) is 0 Å². The molecule has 2 atom stereocenters. The molecule has 1 aliphatic heterocycles. The van der Waals surface area contributed by atoms with Crippen LogP contribution in [0.3, 0.4) is 0 Å². The van der Waals surface area contributed by atoms with Crippen LogP contribution >= 0.6 is 0 Å². The van der Waals surface area contributed by atoms with Gasteiger partial charge < -0.3 is 10.1 Å². The lowest BCUT2D eigenvalue weighted by Gasteiger charge is -2.47. The Morgan fingerprint density at radius 2 is 2.19 bits per heavy atom. The fraction of sp³-hybridized carbons (Fsp3) is 1.00. The summed E-state index contributed by atoms with van der Waals surface area (Å²) in [6, 6.07) is 1.42. The molecule has 0 radical (unpaired) electrons. The molecule has 16 heavy (non-hydrogen) atoms. The number of hydrogen-bond acceptors (Lipinski definition) is 3. The number of nitrogens with one attached hydrogen (secondary N) is 1. The second-order valence-corrected chi connectivity index (χ2v) is 5.72. The molecule has 0 amide bonds. The van der Waals surface area contributed by atoms with Crippen LogP contribution in [0, 0.1) is 0 Å². The van der Waals surface area contributed by atoms with E-state index in [-0.39, 0.29) is 5.54 Å². The van der Waals surface area contributed by atoms with Gasteiger partial charge in [-0.1, -0.05) is 13.3 Å². The van der Waals surface area contributed by atoms with Crippen molar-refractivity contribution in [2.45, 2.75) is 57.7 Å². The van der Waals surface area contributed by atoms with Crippen LogP contribution in [0.5, 0.6) is 0 Å². The summed E-state index contributed by atoms with van der Waals surface area (Å²) >= 11 is 0. The van der Waals surface area contributed by atoms with Crippen LogP contribution in [0.4, 0.5) is 0 Å². The molecule has 2 aliphatic rings. The molecular formula is C13H26N2O. The van der Waals surface area contributed by atoms with Crippen molar-refractivity contribution in [3.63, 3.8) is 0 Å². The van der Waals surface area contributed by atoms with Gasteiger partial charge in [-0.2, -0.15) is 0 Å². The lowest BCUT2D eigenvalue weighted by atomic mass is 9.97. The second-order valence-electron chi connectivity index (χ2n) is 5.72. The van der Waals surface area contributed by atoms with Crippen molar-refractivity contribution in [1.29, 1.82) is 0 Å². The first-order valence-corrected chi connectivity index (χ1v) is 6.73. The van der Waals surface area contributed by atoms with E-state index in [0.717, 1.165) is 32.3 Å². The molecule has 2 unspecified atom stereocenters. The highest BCUT2D eigenvalue weighted by Gasteiger charge is 2.40. The van der Waals surface area contributed by atoms with Crippen molar-refractivity contribution >= 4 is 0 Å². The fourth-order valence-corrected chi connectivity index (χ4v) is 3.30. The maximum atomic E-state index is 5.61. The average molecular weight is 226 g/mol. The van der Waals surface area contributed by atoms with Crippen LogP contribution in [0.15, 0.2) is 0 Å². The maximum absolute atomic E-state index is 5.61. The molecule has 0 aromatic heterocycles. The molecule has 2 fully saturated rings. The highest BCUT2D eigenvalue weighted by Crippen LogP contribution is 2.31. The van der Waals surface area contributed by atoms with Crippen LogP contribution in [0.1, 0.15) is 40.0 Å². The van der Waals surface area contributed by atoms with Gasteiger partial charge in [-0.25, -0.2) is 0 Å². The molecular weight excluding hydrogens is 200 g/mol. The van der Waals surface area contributed by atoms with Crippen LogP contribution in [0.2, 0.25) is 0 Å². The molecule has 94 valence electrons. The monoisotopic (exact) mass is 226 g/mol. The molecule has 0 spiro atoms. The highest BCUT2D eigenvalue weighted by molar-refractivity contribution is 4.97. The van der Waals surface area contributed by atoms with Crippen molar-refractivity contribution in [1.82, 2.24) is 10.2 Å². The molecule has 1 heterocycles. The van der Waals surface area contributed by atoms with Crippen molar-refractivity contribution in [2.75, 3.05) is 26.3 Å². The summed E-state index contributed by atoms with van der Waals surface area (Å²) in [5, 5.41) is 3.65. The molecule has 3 heteroatoms. The number of nitrogens with zero attached hydrogens (tertiary/aromatic N) is 1.